The van der Waals surface area contributed by atoms with Crippen LogP contribution in [-0.2, 0) is 28.7 Å². The van der Waals surface area contributed by atoms with Gasteiger partial charge in [0.15, 0.2) is 0 Å². The Morgan fingerprint density at radius 2 is 1.38 bits per heavy atom. The number of carboxylic acids is 2. The summed E-state index contributed by atoms with van der Waals surface area (Å²) in [6.07, 6.45) is 3.19. The number of carbonyl (C=O) groups excluding carboxylic acids is 2. The van der Waals surface area contributed by atoms with Gasteiger partial charge in [-0.25, -0.2) is 19.2 Å². The molecule has 0 radical (unpaired) electrons. The molecule has 148 valence electrons. The molecule has 0 saturated carbocycles. The van der Waals surface area contributed by atoms with Gasteiger partial charge in [0.2, 0.25) is 0 Å². The van der Waals surface area contributed by atoms with Gasteiger partial charge in [-0.3, -0.25) is 0 Å². The number of aliphatic carboxylic acids is 2. The van der Waals surface area contributed by atoms with Crippen molar-refractivity contribution in [3.05, 3.63) is 23.3 Å². The fraction of sp³-hybridized carbons (Fsp3) is 0.556. The third-order valence-electron chi connectivity index (χ3n) is 3.17. The minimum Gasteiger partial charge on any atom is -0.478 e. The topological polar surface area (TPSA) is 127 Å². The summed E-state index contributed by atoms with van der Waals surface area (Å²) in [6.45, 7) is 9.19. The van der Waals surface area contributed by atoms with Crippen LogP contribution in [0.5, 0.6) is 0 Å². The molecule has 0 aliphatic carbocycles. The second-order valence-corrected chi connectivity index (χ2v) is 5.06. The van der Waals surface area contributed by atoms with Crippen molar-refractivity contribution in [2.45, 2.75) is 47.5 Å². The maximum atomic E-state index is 11.0. The average molecular weight is 372 g/mol. The zero-order valence-electron chi connectivity index (χ0n) is 15.9. The minimum atomic E-state index is -1.20. The van der Waals surface area contributed by atoms with E-state index in [-0.39, 0.29) is 17.1 Å². The number of hydrogen-bond donors (Lipinski definition) is 2. The van der Waals surface area contributed by atoms with E-state index < -0.39 is 23.9 Å². The Bertz CT molecular complexity index is 541. The van der Waals surface area contributed by atoms with Gasteiger partial charge in [-0.1, -0.05) is 13.8 Å². The molecule has 0 aromatic carbocycles. The first-order valence-electron chi connectivity index (χ1n) is 8.34. The summed E-state index contributed by atoms with van der Waals surface area (Å²) >= 11 is 0. The quantitative estimate of drug-likeness (QED) is 0.467. The molecular formula is C18H28O8. The summed E-state index contributed by atoms with van der Waals surface area (Å²) in [4.78, 5) is 42.8. The molecular weight excluding hydrogens is 344 g/mol. The van der Waals surface area contributed by atoms with Crippen molar-refractivity contribution in [1.29, 1.82) is 0 Å². The lowest BCUT2D eigenvalue weighted by molar-refractivity contribution is -0.140. The standard InChI is InChI=1S/2C9H14O4/c1-4-12-8(10)6-7(3)9(11)13-5-2;1-3-6(4-2)7(9(12)13)5-8(10)11/h6H,4-5H2,1-3H3;5-6H,3-4H2,1-2H3,(H,10,11)(H,12,13)/b7-6-;7-5-. The van der Waals surface area contributed by atoms with E-state index in [9.17, 15) is 19.2 Å². The normalized spacial score (nSPS) is 11.3. The first-order valence-corrected chi connectivity index (χ1v) is 8.34. The molecule has 2 N–H and O–H groups in total. The fourth-order valence-corrected chi connectivity index (χ4v) is 1.88. The third-order valence-corrected chi connectivity index (χ3v) is 3.17. The van der Waals surface area contributed by atoms with Crippen LogP contribution in [0.4, 0.5) is 0 Å². The number of hydrogen-bond acceptors (Lipinski definition) is 6. The van der Waals surface area contributed by atoms with Crippen LogP contribution in [0.25, 0.3) is 0 Å². The minimum absolute atomic E-state index is 0.0162. The van der Waals surface area contributed by atoms with E-state index in [2.05, 4.69) is 9.47 Å². The maximum Gasteiger partial charge on any atom is 0.333 e. The van der Waals surface area contributed by atoms with Gasteiger partial charge in [-0.2, -0.15) is 0 Å². The zero-order valence-corrected chi connectivity index (χ0v) is 15.9. The second kappa shape index (κ2) is 14.7. The first kappa shape index (κ1) is 25.6. The number of carbonyl (C=O) groups is 4. The lowest BCUT2D eigenvalue weighted by Crippen LogP contribution is -2.13. The van der Waals surface area contributed by atoms with Gasteiger partial charge in [-0.05, 0) is 39.5 Å². The molecule has 0 bridgehead atoms. The van der Waals surface area contributed by atoms with Gasteiger partial charge in [-0.15, -0.1) is 0 Å². The molecule has 0 unspecified atom stereocenters. The van der Waals surface area contributed by atoms with E-state index in [1.165, 1.54) is 6.92 Å². The van der Waals surface area contributed by atoms with Crippen molar-refractivity contribution in [1.82, 2.24) is 0 Å². The van der Waals surface area contributed by atoms with Crippen molar-refractivity contribution in [2.24, 2.45) is 5.92 Å². The van der Waals surface area contributed by atoms with Crippen LogP contribution in [0, 0.1) is 5.92 Å². The maximum absolute atomic E-state index is 11.0. The predicted octanol–water partition coefficient (Wildman–Crippen LogP) is 2.58. The number of rotatable bonds is 9. The average Bonchev–Trinajstić information content (AvgIpc) is 2.55. The van der Waals surface area contributed by atoms with Crippen molar-refractivity contribution < 1.29 is 38.9 Å². The van der Waals surface area contributed by atoms with E-state index >= 15 is 0 Å². The molecule has 0 aliphatic heterocycles. The third kappa shape index (κ3) is 11.8. The molecule has 8 heteroatoms. The van der Waals surface area contributed by atoms with Gasteiger partial charge in [0.05, 0.1) is 13.2 Å². The summed E-state index contributed by atoms with van der Waals surface area (Å²) in [5.74, 6) is -3.53. The smallest absolute Gasteiger partial charge is 0.333 e. The Labute approximate surface area is 153 Å². The molecule has 0 aromatic heterocycles. The van der Waals surface area contributed by atoms with Crippen molar-refractivity contribution in [3.63, 3.8) is 0 Å². The van der Waals surface area contributed by atoms with E-state index in [4.69, 9.17) is 10.2 Å². The summed E-state index contributed by atoms with van der Waals surface area (Å²) in [7, 11) is 0. The Morgan fingerprint density at radius 1 is 0.885 bits per heavy atom. The van der Waals surface area contributed by atoms with Crippen LogP contribution in [0.3, 0.4) is 0 Å². The number of esters is 2. The highest BCUT2D eigenvalue weighted by molar-refractivity contribution is 5.96. The lowest BCUT2D eigenvalue weighted by Gasteiger charge is -2.11. The molecule has 0 saturated heterocycles. The molecule has 0 aromatic rings. The van der Waals surface area contributed by atoms with Crippen LogP contribution in [0.2, 0.25) is 0 Å². The van der Waals surface area contributed by atoms with Gasteiger partial charge in [0, 0.05) is 23.3 Å². The summed E-state index contributed by atoms with van der Waals surface area (Å²) in [6, 6.07) is 0. The first-order chi connectivity index (χ1) is 12.1. The summed E-state index contributed by atoms with van der Waals surface area (Å²) in [5, 5.41) is 17.2. The molecule has 0 amide bonds. The van der Waals surface area contributed by atoms with Crippen LogP contribution >= 0.6 is 0 Å². The molecule has 8 nitrogen and oxygen atoms in total. The van der Waals surface area contributed by atoms with Crippen LogP contribution in [-0.4, -0.2) is 47.3 Å². The predicted molar refractivity (Wildman–Crippen MR) is 94.4 cm³/mol. The summed E-state index contributed by atoms with van der Waals surface area (Å²) < 4.78 is 9.29. The molecule has 0 fully saturated rings. The molecule has 0 spiro atoms. The summed E-state index contributed by atoms with van der Waals surface area (Å²) in [5.41, 5.74) is 0.234. The van der Waals surface area contributed by atoms with Crippen molar-refractivity contribution in [2.75, 3.05) is 13.2 Å². The SMILES string of the molecule is CCC(CC)/C(=C/C(=O)O)C(=O)O.CCOC(=O)/C=C(/C)C(=O)OCC. The highest BCUT2D eigenvalue weighted by Crippen LogP contribution is 2.18. The lowest BCUT2D eigenvalue weighted by atomic mass is 9.93. The number of ether oxygens (including phenoxy) is 2. The molecule has 0 atom stereocenters. The van der Waals surface area contributed by atoms with E-state index in [0.717, 1.165) is 12.2 Å². The Hall–Kier alpha value is -2.64. The highest BCUT2D eigenvalue weighted by atomic mass is 16.5. The fourth-order valence-electron chi connectivity index (χ4n) is 1.88. The van der Waals surface area contributed by atoms with Gasteiger partial charge in [0.1, 0.15) is 0 Å². The zero-order chi connectivity index (χ0) is 20.7. The van der Waals surface area contributed by atoms with Crippen molar-refractivity contribution in [3.8, 4) is 0 Å². The molecule has 0 heterocycles. The van der Waals surface area contributed by atoms with E-state index in [1.54, 1.807) is 13.8 Å². The second-order valence-electron chi connectivity index (χ2n) is 5.06. The largest absolute Gasteiger partial charge is 0.478 e. The molecule has 0 aliphatic rings. The van der Waals surface area contributed by atoms with Gasteiger partial charge in [0.25, 0.3) is 0 Å². The van der Waals surface area contributed by atoms with Gasteiger partial charge < -0.3 is 19.7 Å². The molecule has 26 heavy (non-hydrogen) atoms. The van der Waals surface area contributed by atoms with Crippen molar-refractivity contribution >= 4 is 23.9 Å². The van der Waals surface area contributed by atoms with E-state index in [1.807, 2.05) is 13.8 Å². The number of carboxylic acid groups (broad SMARTS) is 2. The molecule has 0 rings (SSSR count). The highest BCUT2D eigenvalue weighted by Gasteiger charge is 2.18. The van der Waals surface area contributed by atoms with Gasteiger partial charge >= 0.3 is 23.9 Å². The Balaban J connectivity index is 0. The van der Waals surface area contributed by atoms with Crippen LogP contribution in [0.1, 0.15) is 47.5 Å². The van der Waals surface area contributed by atoms with E-state index in [0.29, 0.717) is 26.1 Å². The van der Waals surface area contributed by atoms with Crippen LogP contribution < -0.4 is 0 Å². The Kier molecular flexibility index (Phi) is 14.5. The van der Waals surface area contributed by atoms with Crippen LogP contribution in [0.15, 0.2) is 23.3 Å². The Morgan fingerprint density at radius 3 is 1.73 bits per heavy atom. The monoisotopic (exact) mass is 372 g/mol.